The molecule has 2 N–H and O–H groups in total. The Morgan fingerprint density at radius 1 is 1.10 bits per heavy atom. The molecule has 112 valence electrons. The summed E-state index contributed by atoms with van der Waals surface area (Å²) in [6.07, 6.45) is 0. The van der Waals surface area contributed by atoms with Gasteiger partial charge in [0.1, 0.15) is 11.6 Å². The van der Waals surface area contributed by atoms with E-state index >= 15 is 0 Å². The van der Waals surface area contributed by atoms with Crippen LogP contribution in [0.25, 0.3) is 0 Å². The van der Waals surface area contributed by atoms with Crippen LogP contribution in [-0.2, 0) is 0 Å². The van der Waals surface area contributed by atoms with Gasteiger partial charge >= 0.3 is 0 Å². The third kappa shape index (κ3) is 3.64. The van der Waals surface area contributed by atoms with Gasteiger partial charge in [-0.25, -0.2) is 8.78 Å². The maximum Gasteiger partial charge on any atom is 0.167 e. The maximum atomic E-state index is 13.8. The Labute approximate surface area is 131 Å². The highest BCUT2D eigenvalue weighted by molar-refractivity contribution is 6.31. The molecule has 0 aliphatic rings. The number of nitrogens with two attached hydrogens (primary N) is 1. The van der Waals surface area contributed by atoms with Crippen molar-refractivity contribution >= 4 is 23.2 Å². The quantitative estimate of drug-likeness (QED) is 0.843. The van der Waals surface area contributed by atoms with Crippen molar-refractivity contribution in [2.75, 3.05) is 6.54 Å². The van der Waals surface area contributed by atoms with Crippen LogP contribution in [-0.4, -0.2) is 6.54 Å². The Morgan fingerprint density at radius 3 is 2.43 bits per heavy atom. The fourth-order valence-corrected chi connectivity index (χ4v) is 2.13. The van der Waals surface area contributed by atoms with Gasteiger partial charge in [-0.1, -0.05) is 30.1 Å². The topological polar surface area (TPSA) is 35.2 Å². The van der Waals surface area contributed by atoms with Crippen LogP contribution in [0.4, 0.5) is 8.78 Å². The van der Waals surface area contributed by atoms with Crippen LogP contribution in [0.3, 0.4) is 0 Å². The van der Waals surface area contributed by atoms with E-state index < -0.39 is 11.6 Å². The normalized spacial score (nSPS) is 12.3. The van der Waals surface area contributed by atoms with Crippen molar-refractivity contribution in [2.24, 2.45) is 5.73 Å². The Bertz CT molecular complexity index is 664. The predicted octanol–water partition coefficient (Wildman–Crippen LogP) is 5.13. The summed E-state index contributed by atoms with van der Waals surface area (Å²) in [6.45, 7) is 2.11. The van der Waals surface area contributed by atoms with Crippen LogP contribution in [0.2, 0.25) is 10.0 Å². The van der Waals surface area contributed by atoms with Crippen molar-refractivity contribution in [3.8, 4) is 11.5 Å². The van der Waals surface area contributed by atoms with Crippen LogP contribution < -0.4 is 10.5 Å². The van der Waals surface area contributed by atoms with Gasteiger partial charge in [0.2, 0.25) is 0 Å². The molecule has 0 radical (unpaired) electrons. The number of hydrogen-bond donors (Lipinski definition) is 1. The molecule has 0 aromatic heterocycles. The van der Waals surface area contributed by atoms with Gasteiger partial charge in [-0.3, -0.25) is 0 Å². The summed E-state index contributed by atoms with van der Waals surface area (Å²) in [5.41, 5.74) is 6.12. The summed E-state index contributed by atoms with van der Waals surface area (Å²) in [4.78, 5) is 0. The molecule has 0 bridgehead atoms. The van der Waals surface area contributed by atoms with Gasteiger partial charge in [-0.15, -0.1) is 0 Å². The van der Waals surface area contributed by atoms with Crippen molar-refractivity contribution < 1.29 is 13.5 Å². The molecule has 2 aromatic carbocycles. The molecule has 2 aromatic rings. The second-order valence-electron chi connectivity index (χ2n) is 4.62. The first-order chi connectivity index (χ1) is 9.92. The van der Waals surface area contributed by atoms with Crippen LogP contribution in [0.15, 0.2) is 30.3 Å². The fraction of sp³-hybridized carbons (Fsp3) is 0.200. The minimum absolute atomic E-state index is 0.0208. The molecule has 0 heterocycles. The third-order valence-electron chi connectivity index (χ3n) is 3.05. The monoisotopic (exact) mass is 331 g/mol. The second kappa shape index (κ2) is 6.60. The van der Waals surface area contributed by atoms with Crippen molar-refractivity contribution in [1.29, 1.82) is 0 Å². The van der Waals surface area contributed by atoms with Crippen molar-refractivity contribution in [2.45, 2.75) is 12.8 Å². The predicted molar refractivity (Wildman–Crippen MR) is 80.4 cm³/mol. The molecule has 2 nitrogen and oxygen atoms in total. The SMILES string of the molecule is CC(CN)c1cc(F)c(Cl)cc1Oc1ccc(Cl)cc1F. The van der Waals surface area contributed by atoms with Crippen LogP contribution in [0.1, 0.15) is 18.4 Å². The number of hydrogen-bond acceptors (Lipinski definition) is 2. The first kappa shape index (κ1) is 16.0. The van der Waals surface area contributed by atoms with Gasteiger partial charge in [0.15, 0.2) is 11.6 Å². The van der Waals surface area contributed by atoms with Gasteiger partial charge in [0.05, 0.1) is 5.02 Å². The summed E-state index contributed by atoms with van der Waals surface area (Å²) < 4.78 is 32.9. The molecule has 0 aliphatic carbocycles. The fourth-order valence-electron chi connectivity index (χ4n) is 1.82. The minimum atomic E-state index is -0.616. The Balaban J connectivity index is 2.45. The summed E-state index contributed by atoms with van der Waals surface area (Å²) in [7, 11) is 0. The van der Waals surface area contributed by atoms with Gasteiger partial charge in [0.25, 0.3) is 0 Å². The maximum absolute atomic E-state index is 13.8. The van der Waals surface area contributed by atoms with E-state index in [1.807, 2.05) is 6.92 Å². The highest BCUT2D eigenvalue weighted by Gasteiger charge is 2.16. The van der Waals surface area contributed by atoms with Gasteiger partial charge < -0.3 is 10.5 Å². The molecule has 6 heteroatoms. The lowest BCUT2D eigenvalue weighted by Gasteiger charge is -2.16. The van der Waals surface area contributed by atoms with Gasteiger partial charge in [-0.05, 0) is 36.7 Å². The van der Waals surface area contributed by atoms with E-state index in [0.717, 1.165) is 6.07 Å². The molecule has 0 spiro atoms. The van der Waals surface area contributed by atoms with E-state index in [9.17, 15) is 8.78 Å². The number of ether oxygens (including phenoxy) is 1. The molecule has 0 saturated carbocycles. The first-order valence-electron chi connectivity index (χ1n) is 6.24. The van der Waals surface area contributed by atoms with E-state index in [2.05, 4.69) is 0 Å². The zero-order chi connectivity index (χ0) is 15.6. The Morgan fingerprint density at radius 2 is 1.81 bits per heavy atom. The van der Waals surface area contributed by atoms with Crippen molar-refractivity contribution in [1.82, 2.24) is 0 Å². The first-order valence-corrected chi connectivity index (χ1v) is 7.00. The third-order valence-corrected chi connectivity index (χ3v) is 3.58. The largest absolute Gasteiger partial charge is 0.454 e. The van der Waals surface area contributed by atoms with E-state index in [4.69, 9.17) is 33.7 Å². The van der Waals surface area contributed by atoms with Gasteiger partial charge in [0, 0.05) is 16.7 Å². The zero-order valence-corrected chi connectivity index (χ0v) is 12.7. The van der Waals surface area contributed by atoms with Crippen molar-refractivity contribution in [3.63, 3.8) is 0 Å². The van der Waals surface area contributed by atoms with Crippen LogP contribution >= 0.6 is 23.2 Å². The lowest BCUT2D eigenvalue weighted by molar-refractivity contribution is 0.433. The van der Waals surface area contributed by atoms with Crippen molar-refractivity contribution in [3.05, 3.63) is 57.6 Å². The number of halogens is 4. The minimum Gasteiger partial charge on any atom is -0.454 e. The standard InChI is InChI=1S/C15H13Cl2F2NO/c1-8(7-20)10-5-12(18)11(17)6-15(10)21-14-3-2-9(16)4-13(14)19/h2-6,8H,7,20H2,1H3. The Hall–Kier alpha value is -1.36. The molecule has 1 atom stereocenters. The summed E-state index contributed by atoms with van der Waals surface area (Å²) >= 11 is 11.5. The highest BCUT2D eigenvalue weighted by atomic mass is 35.5. The average Bonchev–Trinajstić information content (AvgIpc) is 2.44. The van der Waals surface area contributed by atoms with E-state index in [0.29, 0.717) is 12.1 Å². The summed E-state index contributed by atoms with van der Waals surface area (Å²) in [6, 6.07) is 6.59. The van der Waals surface area contributed by atoms with E-state index in [1.54, 1.807) is 0 Å². The molecule has 2 rings (SSSR count). The molecule has 0 aliphatic heterocycles. The zero-order valence-electron chi connectivity index (χ0n) is 11.2. The Kier molecular flexibility index (Phi) is 5.04. The summed E-state index contributed by atoms with van der Waals surface area (Å²) in [5.74, 6) is -1.11. The molecule has 1 unspecified atom stereocenters. The highest BCUT2D eigenvalue weighted by Crippen LogP contribution is 2.35. The lowest BCUT2D eigenvalue weighted by atomic mass is 10.00. The molecule has 0 saturated heterocycles. The smallest absolute Gasteiger partial charge is 0.167 e. The van der Waals surface area contributed by atoms with E-state index in [-0.39, 0.29) is 27.5 Å². The van der Waals surface area contributed by atoms with E-state index in [1.165, 1.54) is 24.3 Å². The lowest BCUT2D eigenvalue weighted by Crippen LogP contribution is -2.10. The van der Waals surface area contributed by atoms with Crippen LogP contribution in [0, 0.1) is 11.6 Å². The number of benzene rings is 2. The second-order valence-corrected chi connectivity index (χ2v) is 5.46. The number of rotatable bonds is 4. The molecule has 0 amide bonds. The molecular weight excluding hydrogens is 319 g/mol. The summed E-state index contributed by atoms with van der Waals surface area (Å²) in [5, 5.41) is 0.153. The molecular formula is C15H13Cl2F2NO. The molecule has 21 heavy (non-hydrogen) atoms. The van der Waals surface area contributed by atoms with Crippen LogP contribution in [0.5, 0.6) is 11.5 Å². The molecule has 0 fully saturated rings. The average molecular weight is 332 g/mol. The van der Waals surface area contributed by atoms with Gasteiger partial charge in [-0.2, -0.15) is 0 Å².